The van der Waals surface area contributed by atoms with Gasteiger partial charge in [0.15, 0.2) is 5.75 Å². The molecule has 0 spiro atoms. The third-order valence-electron chi connectivity index (χ3n) is 4.69. The Morgan fingerprint density at radius 1 is 0.931 bits per heavy atom. The van der Waals surface area contributed by atoms with Gasteiger partial charge in [0, 0.05) is 24.0 Å². The van der Waals surface area contributed by atoms with Gasteiger partial charge in [-0.3, -0.25) is 4.79 Å². The lowest BCUT2D eigenvalue weighted by Gasteiger charge is -2.34. The zero-order chi connectivity index (χ0) is 20.6. The summed E-state index contributed by atoms with van der Waals surface area (Å²) in [5, 5.41) is 0. The van der Waals surface area contributed by atoms with Gasteiger partial charge in [0.1, 0.15) is 11.7 Å². The molecule has 1 atom stereocenters. The number of carbonyl (C=O) groups is 1. The molecule has 3 aromatic rings. The van der Waals surface area contributed by atoms with Crippen LogP contribution < -0.4 is 13.8 Å². The number of anilines is 2. The molecular formula is C21H16FNO5S. The van der Waals surface area contributed by atoms with Crippen molar-refractivity contribution in [2.75, 3.05) is 11.9 Å². The summed E-state index contributed by atoms with van der Waals surface area (Å²) >= 11 is 0. The Kier molecular flexibility index (Phi) is 4.71. The molecule has 4 rings (SSSR count). The maximum atomic E-state index is 13.3. The van der Waals surface area contributed by atoms with Crippen LogP contribution in [0.4, 0.5) is 15.3 Å². The number of nitrogens with zero attached hydrogens (tertiary/aromatic N) is 1. The van der Waals surface area contributed by atoms with E-state index in [-0.39, 0.29) is 11.3 Å². The van der Waals surface area contributed by atoms with Crippen molar-refractivity contribution >= 4 is 27.8 Å². The first-order valence-corrected chi connectivity index (χ1v) is 10.0. The summed E-state index contributed by atoms with van der Waals surface area (Å²) < 4.78 is 45.8. The Balaban J connectivity index is 1.88. The normalized spacial score (nSPS) is 15.2. The monoisotopic (exact) mass is 413 g/mol. The molecule has 6 nitrogen and oxygen atoms in total. The molecule has 0 saturated heterocycles. The molecule has 0 saturated carbocycles. The zero-order valence-electron chi connectivity index (χ0n) is 15.3. The van der Waals surface area contributed by atoms with Gasteiger partial charge in [0.05, 0.1) is 0 Å². The fraction of sp³-hybridized carbons (Fsp3) is 0.0952. The zero-order valence-corrected chi connectivity index (χ0v) is 16.1. The average molecular weight is 413 g/mol. The van der Waals surface area contributed by atoms with E-state index in [9.17, 15) is 17.1 Å². The standard InChI is InChI=1S/C21H16FNO5S/c1-23-16-11-6-5-10-15(16)19(21(24)27-14-8-3-2-4-9-14)20-17(23)12-7-13-18(20)28-29(22,25)26/h2-13,19H,1H3. The summed E-state index contributed by atoms with van der Waals surface area (Å²) in [6.07, 6.45) is 0. The van der Waals surface area contributed by atoms with E-state index in [4.69, 9.17) is 4.74 Å². The fourth-order valence-corrected chi connectivity index (χ4v) is 3.89. The molecule has 0 N–H and O–H groups in total. The van der Waals surface area contributed by atoms with Gasteiger partial charge < -0.3 is 13.8 Å². The molecule has 0 radical (unpaired) electrons. The quantitative estimate of drug-likeness (QED) is 0.364. The minimum atomic E-state index is -5.28. The Morgan fingerprint density at radius 2 is 1.59 bits per heavy atom. The lowest BCUT2D eigenvalue weighted by molar-refractivity contribution is -0.135. The van der Waals surface area contributed by atoms with Crippen molar-refractivity contribution in [2.24, 2.45) is 0 Å². The van der Waals surface area contributed by atoms with Gasteiger partial charge in [0.2, 0.25) is 0 Å². The number of esters is 1. The minimum Gasteiger partial charge on any atom is -0.426 e. The van der Waals surface area contributed by atoms with Crippen LogP contribution >= 0.6 is 0 Å². The van der Waals surface area contributed by atoms with Crippen LogP contribution in [0.3, 0.4) is 0 Å². The third-order valence-corrected chi connectivity index (χ3v) is 5.07. The second kappa shape index (κ2) is 7.21. The number of hydrogen-bond acceptors (Lipinski definition) is 6. The lowest BCUT2D eigenvalue weighted by Crippen LogP contribution is -2.29. The van der Waals surface area contributed by atoms with Crippen molar-refractivity contribution in [1.82, 2.24) is 0 Å². The van der Waals surface area contributed by atoms with Gasteiger partial charge in [-0.25, -0.2) is 0 Å². The fourth-order valence-electron chi connectivity index (χ4n) is 3.53. The topological polar surface area (TPSA) is 72.9 Å². The summed E-state index contributed by atoms with van der Waals surface area (Å²) in [5.74, 6) is -1.56. The molecule has 148 valence electrons. The van der Waals surface area contributed by atoms with Crippen LogP contribution in [-0.2, 0) is 15.3 Å². The predicted molar refractivity (Wildman–Crippen MR) is 106 cm³/mol. The summed E-state index contributed by atoms with van der Waals surface area (Å²) in [4.78, 5) is 15.0. The van der Waals surface area contributed by atoms with E-state index >= 15 is 0 Å². The van der Waals surface area contributed by atoms with Gasteiger partial charge in [-0.05, 0) is 35.9 Å². The highest BCUT2D eigenvalue weighted by Crippen LogP contribution is 2.49. The van der Waals surface area contributed by atoms with Crippen molar-refractivity contribution in [3.63, 3.8) is 0 Å². The number of ether oxygens (including phenoxy) is 1. The van der Waals surface area contributed by atoms with E-state index < -0.39 is 22.4 Å². The van der Waals surface area contributed by atoms with Crippen LogP contribution in [0.1, 0.15) is 17.0 Å². The molecule has 0 amide bonds. The largest absolute Gasteiger partial charge is 0.488 e. The third kappa shape index (κ3) is 3.66. The van der Waals surface area contributed by atoms with Crippen LogP contribution in [0.5, 0.6) is 11.5 Å². The summed E-state index contributed by atoms with van der Waals surface area (Å²) in [6, 6.07) is 20.2. The molecule has 3 aromatic carbocycles. The Morgan fingerprint density at radius 3 is 2.31 bits per heavy atom. The maximum absolute atomic E-state index is 13.3. The van der Waals surface area contributed by atoms with Crippen molar-refractivity contribution in [3.8, 4) is 11.5 Å². The first kappa shape index (κ1) is 18.9. The molecule has 1 heterocycles. The van der Waals surface area contributed by atoms with Crippen molar-refractivity contribution < 1.29 is 26.0 Å². The number of hydrogen-bond donors (Lipinski definition) is 0. The summed E-state index contributed by atoms with van der Waals surface area (Å²) in [6.45, 7) is 0. The number of benzene rings is 3. The SMILES string of the molecule is CN1c2ccccc2C(C(=O)Oc2ccccc2)c2c(OS(=O)(=O)F)cccc21. The first-order valence-electron chi connectivity index (χ1n) is 8.71. The number of para-hydroxylation sites is 2. The van der Waals surface area contributed by atoms with Crippen molar-refractivity contribution in [2.45, 2.75) is 5.92 Å². The molecule has 0 fully saturated rings. The summed E-state index contributed by atoms with van der Waals surface area (Å²) in [5.41, 5.74) is 2.07. The second-order valence-corrected chi connectivity index (χ2v) is 7.40. The number of halogens is 1. The van der Waals surface area contributed by atoms with E-state index in [0.29, 0.717) is 17.0 Å². The highest BCUT2D eigenvalue weighted by molar-refractivity contribution is 7.81. The minimum absolute atomic E-state index is 0.218. The van der Waals surface area contributed by atoms with E-state index in [2.05, 4.69) is 4.18 Å². The van der Waals surface area contributed by atoms with Gasteiger partial charge in [-0.1, -0.05) is 46.4 Å². The molecule has 29 heavy (non-hydrogen) atoms. The number of fused-ring (bicyclic) bond motifs is 2. The molecule has 1 aliphatic rings. The first-order chi connectivity index (χ1) is 13.8. The van der Waals surface area contributed by atoms with E-state index in [1.807, 2.05) is 12.1 Å². The molecule has 1 unspecified atom stereocenters. The maximum Gasteiger partial charge on any atom is 0.488 e. The van der Waals surface area contributed by atoms with Crippen molar-refractivity contribution in [1.29, 1.82) is 0 Å². The van der Waals surface area contributed by atoms with Crippen molar-refractivity contribution in [3.05, 3.63) is 83.9 Å². The molecule has 0 aliphatic carbocycles. The lowest BCUT2D eigenvalue weighted by atomic mass is 9.84. The van der Waals surface area contributed by atoms with Crippen LogP contribution in [0, 0.1) is 0 Å². The van der Waals surface area contributed by atoms with E-state index in [1.165, 1.54) is 12.1 Å². The van der Waals surface area contributed by atoms with Crippen LogP contribution in [0.15, 0.2) is 72.8 Å². The van der Waals surface area contributed by atoms with E-state index in [1.54, 1.807) is 60.5 Å². The second-order valence-electron chi connectivity index (χ2n) is 6.45. The highest BCUT2D eigenvalue weighted by atomic mass is 32.3. The highest BCUT2D eigenvalue weighted by Gasteiger charge is 2.38. The van der Waals surface area contributed by atoms with E-state index in [0.717, 1.165) is 5.69 Å². The molecule has 0 aromatic heterocycles. The predicted octanol–water partition coefficient (Wildman–Crippen LogP) is 4.10. The number of carbonyl (C=O) groups excluding carboxylic acids is 1. The van der Waals surface area contributed by atoms with Crippen LogP contribution in [0.25, 0.3) is 0 Å². The number of rotatable bonds is 4. The smallest absolute Gasteiger partial charge is 0.426 e. The van der Waals surface area contributed by atoms with Crippen LogP contribution in [0.2, 0.25) is 0 Å². The summed E-state index contributed by atoms with van der Waals surface area (Å²) in [7, 11) is -3.52. The Bertz CT molecular complexity index is 1180. The van der Waals surface area contributed by atoms with Crippen LogP contribution in [-0.4, -0.2) is 21.4 Å². The molecule has 0 bridgehead atoms. The Labute approximate surface area is 167 Å². The molecule has 1 aliphatic heterocycles. The Hall–Kier alpha value is -3.39. The molecule has 8 heteroatoms. The van der Waals surface area contributed by atoms with Gasteiger partial charge in [-0.2, -0.15) is 8.42 Å². The molecular weight excluding hydrogens is 397 g/mol. The van der Waals surface area contributed by atoms with Gasteiger partial charge >= 0.3 is 16.5 Å². The van der Waals surface area contributed by atoms with Gasteiger partial charge in [-0.15, -0.1) is 0 Å². The average Bonchev–Trinajstić information content (AvgIpc) is 2.68. The van der Waals surface area contributed by atoms with Gasteiger partial charge in [0.25, 0.3) is 0 Å².